The van der Waals surface area contributed by atoms with Gasteiger partial charge in [0, 0.05) is 19.7 Å². The quantitative estimate of drug-likeness (QED) is 0.452. The molecule has 0 aliphatic carbocycles. The van der Waals surface area contributed by atoms with Crippen LogP contribution in [-0.4, -0.2) is 42.4 Å². The number of oxazole rings is 1. The monoisotopic (exact) mass is 419 g/mol. The molecule has 1 unspecified atom stereocenters. The van der Waals surface area contributed by atoms with E-state index in [0.717, 1.165) is 11.1 Å². The van der Waals surface area contributed by atoms with E-state index in [1.807, 2.05) is 68.4 Å². The number of nitrogens with zero attached hydrogens (tertiary/aromatic N) is 3. The van der Waals surface area contributed by atoms with Gasteiger partial charge in [0.15, 0.2) is 5.96 Å². The van der Waals surface area contributed by atoms with Gasteiger partial charge in [-0.2, -0.15) is 0 Å². The van der Waals surface area contributed by atoms with E-state index >= 15 is 0 Å². The van der Waals surface area contributed by atoms with Gasteiger partial charge in [-0.25, -0.2) is 9.98 Å². The van der Waals surface area contributed by atoms with Crippen LogP contribution >= 0.6 is 0 Å². The maximum Gasteiger partial charge on any atom is 0.241 e. The van der Waals surface area contributed by atoms with Crippen molar-refractivity contribution in [3.05, 3.63) is 77.7 Å². The Bertz CT molecular complexity index is 1010. The van der Waals surface area contributed by atoms with E-state index in [0.29, 0.717) is 24.1 Å². The third-order valence-corrected chi connectivity index (χ3v) is 4.81. The van der Waals surface area contributed by atoms with Gasteiger partial charge in [-0.15, -0.1) is 0 Å². The Hall–Kier alpha value is -3.61. The first-order valence-electron chi connectivity index (χ1n) is 10.2. The van der Waals surface area contributed by atoms with E-state index < -0.39 is 0 Å². The van der Waals surface area contributed by atoms with Crippen molar-refractivity contribution in [1.82, 2.24) is 20.5 Å². The van der Waals surface area contributed by atoms with Crippen LogP contribution in [0.15, 0.2) is 70.3 Å². The van der Waals surface area contributed by atoms with Crippen molar-refractivity contribution in [3.8, 4) is 11.5 Å². The predicted molar refractivity (Wildman–Crippen MR) is 123 cm³/mol. The average Bonchev–Trinajstić information content (AvgIpc) is 3.25. The highest BCUT2D eigenvalue weighted by Crippen LogP contribution is 2.19. The molecular weight excluding hydrogens is 390 g/mol. The molecule has 2 N–H and O–H groups in total. The molecule has 0 aliphatic heterocycles. The summed E-state index contributed by atoms with van der Waals surface area (Å²) in [5.74, 6) is 1.06. The van der Waals surface area contributed by atoms with Crippen LogP contribution in [0.3, 0.4) is 0 Å². The first kappa shape index (κ1) is 22.1. The first-order chi connectivity index (χ1) is 14.9. The molecule has 0 spiro atoms. The summed E-state index contributed by atoms with van der Waals surface area (Å²) in [5, 5.41) is 6.46. The lowest BCUT2D eigenvalue weighted by Crippen LogP contribution is -2.43. The Morgan fingerprint density at radius 2 is 1.84 bits per heavy atom. The van der Waals surface area contributed by atoms with E-state index in [1.54, 1.807) is 20.4 Å². The fourth-order valence-electron chi connectivity index (χ4n) is 2.87. The third-order valence-electron chi connectivity index (χ3n) is 4.81. The normalized spacial score (nSPS) is 12.3. The summed E-state index contributed by atoms with van der Waals surface area (Å²) in [5.41, 5.74) is 3.94. The molecule has 3 rings (SSSR count). The van der Waals surface area contributed by atoms with Crippen molar-refractivity contribution < 1.29 is 9.21 Å². The van der Waals surface area contributed by atoms with Crippen molar-refractivity contribution in [2.45, 2.75) is 26.4 Å². The molecule has 1 heterocycles. The number of likely N-dealkylation sites (N-methyl/N-ethyl adjacent to an activating group) is 1. The molecule has 0 saturated carbocycles. The molecule has 0 fully saturated rings. The van der Waals surface area contributed by atoms with E-state index in [1.165, 1.54) is 10.5 Å². The Morgan fingerprint density at radius 3 is 2.52 bits per heavy atom. The summed E-state index contributed by atoms with van der Waals surface area (Å²) >= 11 is 0. The number of hydrogen-bond donors (Lipinski definition) is 2. The fourth-order valence-corrected chi connectivity index (χ4v) is 2.87. The van der Waals surface area contributed by atoms with Crippen molar-refractivity contribution in [2.24, 2.45) is 4.99 Å². The molecule has 3 aromatic rings. The van der Waals surface area contributed by atoms with Crippen LogP contribution in [-0.2, 0) is 11.3 Å². The van der Waals surface area contributed by atoms with Crippen LogP contribution in [0, 0.1) is 6.92 Å². The van der Waals surface area contributed by atoms with Gasteiger partial charge in [0.05, 0.1) is 19.1 Å². The van der Waals surface area contributed by atoms with Gasteiger partial charge in [-0.1, -0.05) is 48.0 Å². The standard InChI is InChI=1S/C24H29N5O2/c1-17-10-12-20(13-11-17)23-28-21(16-31-23)14-25-24(26-15-22(30)29(3)4)27-18(2)19-8-6-5-7-9-19/h5-13,16,18H,14-15H2,1-4H3,(H2,25,26,27). The number of guanidine groups is 1. The van der Waals surface area contributed by atoms with Crippen molar-refractivity contribution in [1.29, 1.82) is 0 Å². The first-order valence-corrected chi connectivity index (χ1v) is 10.2. The molecule has 0 aliphatic rings. The Labute approximate surface area is 183 Å². The van der Waals surface area contributed by atoms with Crippen LogP contribution < -0.4 is 10.6 Å². The van der Waals surface area contributed by atoms with Crippen molar-refractivity contribution in [2.75, 3.05) is 20.6 Å². The van der Waals surface area contributed by atoms with Gasteiger partial charge >= 0.3 is 0 Å². The molecule has 2 aromatic carbocycles. The van der Waals surface area contributed by atoms with Gasteiger partial charge in [0.1, 0.15) is 12.0 Å². The zero-order chi connectivity index (χ0) is 22.2. The average molecular weight is 420 g/mol. The number of benzene rings is 2. The summed E-state index contributed by atoms with van der Waals surface area (Å²) in [4.78, 5) is 22.7. The summed E-state index contributed by atoms with van der Waals surface area (Å²) in [6.07, 6.45) is 1.61. The van der Waals surface area contributed by atoms with E-state index in [2.05, 4.69) is 20.6 Å². The lowest BCUT2D eigenvalue weighted by Gasteiger charge is -2.19. The smallest absolute Gasteiger partial charge is 0.241 e. The number of carbonyl (C=O) groups is 1. The minimum absolute atomic E-state index is 0.0161. The highest BCUT2D eigenvalue weighted by molar-refractivity contribution is 5.86. The topological polar surface area (TPSA) is 82.8 Å². The van der Waals surface area contributed by atoms with Gasteiger partial charge < -0.3 is 20.0 Å². The molecule has 1 aromatic heterocycles. The Kier molecular flexibility index (Phi) is 7.43. The maximum atomic E-state index is 12.0. The third kappa shape index (κ3) is 6.44. The number of aromatic nitrogens is 1. The Balaban J connectivity index is 1.71. The second kappa shape index (κ2) is 10.4. The lowest BCUT2D eigenvalue weighted by molar-refractivity contribution is -0.127. The second-order valence-electron chi connectivity index (χ2n) is 7.59. The summed E-state index contributed by atoms with van der Waals surface area (Å²) in [6.45, 7) is 4.56. The molecule has 7 heteroatoms. The van der Waals surface area contributed by atoms with Crippen LogP contribution in [0.5, 0.6) is 0 Å². The van der Waals surface area contributed by atoms with Gasteiger partial charge in [-0.05, 0) is 31.5 Å². The highest BCUT2D eigenvalue weighted by atomic mass is 16.3. The largest absolute Gasteiger partial charge is 0.444 e. The van der Waals surface area contributed by atoms with E-state index in [-0.39, 0.29) is 18.5 Å². The number of carbonyl (C=O) groups excluding carboxylic acids is 1. The molecule has 31 heavy (non-hydrogen) atoms. The van der Waals surface area contributed by atoms with Crippen molar-refractivity contribution in [3.63, 3.8) is 0 Å². The van der Waals surface area contributed by atoms with Crippen LogP contribution in [0.1, 0.15) is 29.8 Å². The van der Waals surface area contributed by atoms with Crippen LogP contribution in [0.25, 0.3) is 11.5 Å². The summed E-state index contributed by atoms with van der Waals surface area (Å²) in [7, 11) is 3.45. The minimum Gasteiger partial charge on any atom is -0.444 e. The van der Waals surface area contributed by atoms with E-state index in [4.69, 9.17) is 4.42 Å². The SMILES string of the molecule is Cc1ccc(-c2nc(CN=C(NCC(=O)N(C)C)NC(C)c3ccccc3)co2)cc1. The van der Waals surface area contributed by atoms with Gasteiger partial charge in [0.25, 0.3) is 0 Å². The van der Waals surface area contributed by atoms with Gasteiger partial charge in [-0.3, -0.25) is 4.79 Å². The Morgan fingerprint density at radius 1 is 1.13 bits per heavy atom. The number of amides is 1. The van der Waals surface area contributed by atoms with E-state index in [9.17, 15) is 4.79 Å². The number of aliphatic imine (C=N–C) groups is 1. The zero-order valence-electron chi connectivity index (χ0n) is 18.4. The van der Waals surface area contributed by atoms with Gasteiger partial charge in [0.2, 0.25) is 11.8 Å². The summed E-state index contributed by atoms with van der Waals surface area (Å²) in [6, 6.07) is 18.1. The number of hydrogen-bond acceptors (Lipinski definition) is 4. The van der Waals surface area contributed by atoms with Crippen molar-refractivity contribution >= 4 is 11.9 Å². The number of nitrogens with one attached hydrogen (secondary N) is 2. The lowest BCUT2D eigenvalue weighted by atomic mass is 10.1. The zero-order valence-corrected chi connectivity index (χ0v) is 18.4. The molecular formula is C24H29N5O2. The highest BCUT2D eigenvalue weighted by Gasteiger charge is 2.11. The molecule has 1 amide bonds. The molecule has 162 valence electrons. The number of rotatable bonds is 7. The van der Waals surface area contributed by atoms with Crippen LogP contribution in [0.4, 0.5) is 0 Å². The molecule has 7 nitrogen and oxygen atoms in total. The maximum absolute atomic E-state index is 12.0. The molecule has 0 radical (unpaired) electrons. The molecule has 0 saturated heterocycles. The predicted octanol–water partition coefficient (Wildman–Crippen LogP) is 3.53. The molecule has 1 atom stereocenters. The minimum atomic E-state index is -0.0371. The fraction of sp³-hybridized carbons (Fsp3) is 0.292. The number of aryl methyl sites for hydroxylation is 1. The van der Waals surface area contributed by atoms with Crippen LogP contribution in [0.2, 0.25) is 0 Å². The second-order valence-corrected chi connectivity index (χ2v) is 7.59. The summed E-state index contributed by atoms with van der Waals surface area (Å²) < 4.78 is 5.62. The molecule has 0 bridgehead atoms.